The lowest BCUT2D eigenvalue weighted by molar-refractivity contribution is 0.138. The molecule has 48 valence electrons. The van der Waals surface area contributed by atoms with E-state index in [2.05, 4.69) is 0 Å². The van der Waals surface area contributed by atoms with Crippen molar-refractivity contribution in [3.8, 4) is 0 Å². The van der Waals surface area contributed by atoms with Gasteiger partial charge in [-0.1, -0.05) is 0 Å². The van der Waals surface area contributed by atoms with E-state index >= 15 is 0 Å². The van der Waals surface area contributed by atoms with E-state index in [1.54, 1.807) is 0 Å². The highest BCUT2D eigenvalue weighted by Gasteiger charge is 2.21. The molecule has 1 atom stereocenters. The summed E-state index contributed by atoms with van der Waals surface area (Å²) in [7, 11) is 0. The van der Waals surface area contributed by atoms with Crippen LogP contribution < -0.4 is 0 Å². The Balaban J connectivity index is 1.74. The molecule has 1 unspecified atom stereocenters. The van der Waals surface area contributed by atoms with E-state index in [1.807, 2.05) is 6.92 Å². The molecule has 0 aromatic rings. The lowest BCUT2D eigenvalue weighted by Gasteiger charge is -1.94. The molecule has 0 aromatic carbocycles. The zero-order chi connectivity index (χ0) is 5.82. The zero-order valence-electron chi connectivity index (χ0n) is 5.22. The molecule has 8 heavy (non-hydrogen) atoms. The average molecular weight is 116 g/mol. The van der Waals surface area contributed by atoms with Crippen LogP contribution in [0.4, 0.5) is 0 Å². The first-order valence-electron chi connectivity index (χ1n) is 3.13. The summed E-state index contributed by atoms with van der Waals surface area (Å²) < 4.78 is 10.1. The zero-order valence-corrected chi connectivity index (χ0v) is 5.22. The van der Waals surface area contributed by atoms with Crippen molar-refractivity contribution in [2.75, 3.05) is 19.8 Å². The van der Waals surface area contributed by atoms with Gasteiger partial charge in [-0.3, -0.25) is 0 Å². The lowest BCUT2D eigenvalue weighted by Crippen LogP contribution is -1.96. The van der Waals surface area contributed by atoms with E-state index in [0.717, 1.165) is 26.2 Å². The highest BCUT2D eigenvalue weighted by molar-refractivity contribution is 4.67. The van der Waals surface area contributed by atoms with E-state index in [-0.39, 0.29) is 0 Å². The molecule has 0 N–H and O–H groups in total. The molecule has 1 aliphatic heterocycles. The maximum absolute atomic E-state index is 5.10. The number of ether oxygens (including phenoxy) is 2. The molecule has 2 heteroatoms. The minimum absolute atomic E-state index is 0.529. The third-order valence-electron chi connectivity index (χ3n) is 1.19. The van der Waals surface area contributed by atoms with Crippen LogP contribution in [0.1, 0.15) is 13.3 Å². The number of hydrogen-bond donors (Lipinski definition) is 0. The highest BCUT2D eigenvalue weighted by atomic mass is 16.6. The summed E-state index contributed by atoms with van der Waals surface area (Å²) in [5, 5.41) is 0. The number of rotatable bonds is 4. The summed E-state index contributed by atoms with van der Waals surface area (Å²) in [6.45, 7) is 4.65. The Kier molecular flexibility index (Phi) is 2.30. The Morgan fingerprint density at radius 3 is 3.00 bits per heavy atom. The van der Waals surface area contributed by atoms with Gasteiger partial charge in [0.2, 0.25) is 0 Å². The minimum Gasteiger partial charge on any atom is -0.382 e. The molecular formula is C6H12O2. The number of hydrogen-bond acceptors (Lipinski definition) is 2. The second kappa shape index (κ2) is 3.05. The molecule has 1 rings (SSSR count). The first kappa shape index (κ1) is 6.05. The van der Waals surface area contributed by atoms with Gasteiger partial charge in [0, 0.05) is 13.2 Å². The van der Waals surface area contributed by atoms with E-state index in [9.17, 15) is 0 Å². The van der Waals surface area contributed by atoms with Crippen LogP contribution in [-0.4, -0.2) is 25.9 Å². The van der Waals surface area contributed by atoms with Crippen molar-refractivity contribution >= 4 is 0 Å². The van der Waals surface area contributed by atoms with Crippen LogP contribution >= 0.6 is 0 Å². The monoisotopic (exact) mass is 116 g/mol. The van der Waals surface area contributed by atoms with Gasteiger partial charge in [0.25, 0.3) is 0 Å². The first-order chi connectivity index (χ1) is 3.93. The van der Waals surface area contributed by atoms with Gasteiger partial charge in [-0.15, -0.1) is 0 Å². The van der Waals surface area contributed by atoms with Crippen LogP contribution in [0, 0.1) is 0 Å². The van der Waals surface area contributed by atoms with Gasteiger partial charge in [0.05, 0.1) is 12.7 Å². The average Bonchev–Trinajstić information content (AvgIpc) is 2.51. The van der Waals surface area contributed by atoms with Crippen LogP contribution in [0.2, 0.25) is 0 Å². The van der Waals surface area contributed by atoms with E-state index in [1.165, 1.54) is 0 Å². The summed E-state index contributed by atoms with van der Waals surface area (Å²) in [6.07, 6.45) is 1.61. The highest BCUT2D eigenvalue weighted by Crippen LogP contribution is 2.12. The van der Waals surface area contributed by atoms with Gasteiger partial charge < -0.3 is 9.47 Å². The Bertz CT molecular complexity index is 59.5. The van der Waals surface area contributed by atoms with Gasteiger partial charge >= 0.3 is 0 Å². The molecule has 1 fully saturated rings. The fourth-order valence-corrected chi connectivity index (χ4v) is 0.594. The molecule has 0 aliphatic carbocycles. The van der Waals surface area contributed by atoms with Crippen LogP contribution in [-0.2, 0) is 9.47 Å². The van der Waals surface area contributed by atoms with Gasteiger partial charge in [0.15, 0.2) is 0 Å². The molecule has 1 aliphatic rings. The SMILES string of the molecule is CCOCCC1CO1. The van der Waals surface area contributed by atoms with Crippen molar-refractivity contribution < 1.29 is 9.47 Å². The molecule has 1 saturated heterocycles. The molecule has 0 radical (unpaired) electrons. The second-order valence-electron chi connectivity index (χ2n) is 1.94. The fraction of sp³-hybridized carbons (Fsp3) is 1.00. The molecule has 2 nitrogen and oxygen atoms in total. The molecule has 0 aromatic heterocycles. The molecule has 0 bridgehead atoms. The second-order valence-corrected chi connectivity index (χ2v) is 1.94. The Hall–Kier alpha value is -0.0800. The maximum Gasteiger partial charge on any atom is 0.0831 e. The largest absolute Gasteiger partial charge is 0.382 e. The van der Waals surface area contributed by atoms with E-state index in [4.69, 9.17) is 9.47 Å². The van der Waals surface area contributed by atoms with Crippen molar-refractivity contribution in [1.82, 2.24) is 0 Å². The summed E-state index contributed by atoms with van der Waals surface area (Å²) in [5.74, 6) is 0. The fourth-order valence-electron chi connectivity index (χ4n) is 0.594. The van der Waals surface area contributed by atoms with Gasteiger partial charge in [-0.05, 0) is 13.3 Å². The van der Waals surface area contributed by atoms with Gasteiger partial charge in [-0.2, -0.15) is 0 Å². The van der Waals surface area contributed by atoms with Crippen LogP contribution in [0.25, 0.3) is 0 Å². The predicted octanol–water partition coefficient (Wildman–Crippen LogP) is 0.812. The first-order valence-corrected chi connectivity index (χ1v) is 3.13. The Labute approximate surface area is 49.8 Å². The van der Waals surface area contributed by atoms with Crippen molar-refractivity contribution in [2.45, 2.75) is 19.4 Å². The predicted molar refractivity (Wildman–Crippen MR) is 30.8 cm³/mol. The summed E-state index contributed by atoms with van der Waals surface area (Å²) >= 11 is 0. The molecule has 0 amide bonds. The van der Waals surface area contributed by atoms with E-state index in [0.29, 0.717) is 6.10 Å². The minimum atomic E-state index is 0.529. The third kappa shape index (κ3) is 2.28. The molecular weight excluding hydrogens is 104 g/mol. The van der Waals surface area contributed by atoms with Crippen molar-refractivity contribution in [3.63, 3.8) is 0 Å². The third-order valence-corrected chi connectivity index (χ3v) is 1.19. The van der Waals surface area contributed by atoms with Crippen LogP contribution in [0.3, 0.4) is 0 Å². The lowest BCUT2D eigenvalue weighted by atomic mass is 10.3. The standard InChI is InChI=1S/C6H12O2/c1-2-7-4-3-6-5-8-6/h6H,2-5H2,1H3. The summed E-state index contributed by atoms with van der Waals surface area (Å²) in [5.41, 5.74) is 0. The van der Waals surface area contributed by atoms with Crippen molar-refractivity contribution in [3.05, 3.63) is 0 Å². The van der Waals surface area contributed by atoms with E-state index < -0.39 is 0 Å². The van der Waals surface area contributed by atoms with Crippen molar-refractivity contribution in [2.24, 2.45) is 0 Å². The van der Waals surface area contributed by atoms with Crippen molar-refractivity contribution in [1.29, 1.82) is 0 Å². The Morgan fingerprint density at radius 2 is 2.50 bits per heavy atom. The maximum atomic E-state index is 5.10. The quantitative estimate of drug-likeness (QED) is 0.400. The number of epoxide rings is 1. The molecule has 0 spiro atoms. The summed E-state index contributed by atoms with van der Waals surface area (Å²) in [6, 6.07) is 0. The van der Waals surface area contributed by atoms with Crippen LogP contribution in [0.15, 0.2) is 0 Å². The smallest absolute Gasteiger partial charge is 0.0831 e. The van der Waals surface area contributed by atoms with Gasteiger partial charge in [-0.25, -0.2) is 0 Å². The normalized spacial score (nSPS) is 25.9. The Morgan fingerprint density at radius 1 is 1.75 bits per heavy atom. The topological polar surface area (TPSA) is 21.8 Å². The molecule has 0 saturated carbocycles. The molecule has 1 heterocycles. The van der Waals surface area contributed by atoms with Crippen LogP contribution in [0.5, 0.6) is 0 Å². The summed E-state index contributed by atoms with van der Waals surface area (Å²) in [4.78, 5) is 0. The van der Waals surface area contributed by atoms with Gasteiger partial charge in [0.1, 0.15) is 0 Å².